The van der Waals surface area contributed by atoms with E-state index >= 15 is 0 Å². The SMILES string of the molecule is CCN(CC(N)=O)C1(CN)CCCCCC1. The molecule has 16 heavy (non-hydrogen) atoms. The molecule has 4 N–H and O–H groups in total. The van der Waals surface area contributed by atoms with Gasteiger partial charge in [-0.1, -0.05) is 32.6 Å². The molecule has 1 fully saturated rings. The maximum absolute atomic E-state index is 11.1. The van der Waals surface area contributed by atoms with Crippen molar-refractivity contribution < 1.29 is 4.79 Å². The molecule has 0 heterocycles. The van der Waals surface area contributed by atoms with Crippen LogP contribution < -0.4 is 11.5 Å². The van der Waals surface area contributed by atoms with Gasteiger partial charge in [-0.15, -0.1) is 0 Å². The number of primary amides is 1. The topological polar surface area (TPSA) is 72.3 Å². The third-order valence-electron chi connectivity index (χ3n) is 3.81. The van der Waals surface area contributed by atoms with Crippen LogP contribution in [0.1, 0.15) is 45.4 Å². The minimum Gasteiger partial charge on any atom is -0.369 e. The summed E-state index contributed by atoms with van der Waals surface area (Å²) in [7, 11) is 0. The molecule has 4 nitrogen and oxygen atoms in total. The molecule has 1 saturated carbocycles. The van der Waals surface area contributed by atoms with E-state index in [1.165, 1.54) is 25.7 Å². The average molecular weight is 227 g/mol. The van der Waals surface area contributed by atoms with Crippen molar-refractivity contribution in [3.05, 3.63) is 0 Å². The summed E-state index contributed by atoms with van der Waals surface area (Å²) in [4.78, 5) is 13.3. The third kappa shape index (κ3) is 3.19. The molecule has 1 aliphatic carbocycles. The molecule has 1 aliphatic rings. The number of amides is 1. The van der Waals surface area contributed by atoms with Crippen molar-refractivity contribution in [3.8, 4) is 0 Å². The van der Waals surface area contributed by atoms with E-state index in [9.17, 15) is 4.79 Å². The van der Waals surface area contributed by atoms with Crippen LogP contribution in [-0.4, -0.2) is 36.0 Å². The van der Waals surface area contributed by atoms with Crippen molar-refractivity contribution in [2.24, 2.45) is 11.5 Å². The molecule has 94 valence electrons. The Morgan fingerprint density at radius 2 is 1.81 bits per heavy atom. The van der Waals surface area contributed by atoms with E-state index in [1.807, 2.05) is 0 Å². The zero-order valence-corrected chi connectivity index (χ0v) is 10.4. The molecular formula is C12H25N3O. The fourth-order valence-electron chi connectivity index (χ4n) is 2.84. The Bertz CT molecular complexity index is 222. The lowest BCUT2D eigenvalue weighted by Gasteiger charge is -2.42. The molecule has 0 aliphatic heterocycles. The summed E-state index contributed by atoms with van der Waals surface area (Å²) >= 11 is 0. The Balaban J connectivity index is 2.76. The van der Waals surface area contributed by atoms with Crippen molar-refractivity contribution in [1.29, 1.82) is 0 Å². The standard InChI is InChI=1S/C12H25N3O/c1-2-15(9-11(14)16)12(10-13)7-5-3-4-6-8-12/h2-10,13H2,1H3,(H2,14,16). The fourth-order valence-corrected chi connectivity index (χ4v) is 2.84. The van der Waals surface area contributed by atoms with Gasteiger partial charge >= 0.3 is 0 Å². The summed E-state index contributed by atoms with van der Waals surface area (Å²) in [6, 6.07) is 0. The molecule has 0 spiro atoms. The second-order valence-electron chi connectivity index (χ2n) is 4.82. The van der Waals surface area contributed by atoms with E-state index in [2.05, 4.69) is 11.8 Å². The molecule has 1 amide bonds. The van der Waals surface area contributed by atoms with Gasteiger partial charge in [-0.2, -0.15) is 0 Å². The quantitative estimate of drug-likeness (QED) is 0.684. The Labute approximate surface area is 98.3 Å². The van der Waals surface area contributed by atoms with Gasteiger partial charge in [0.2, 0.25) is 5.91 Å². The van der Waals surface area contributed by atoms with Crippen molar-refractivity contribution in [1.82, 2.24) is 4.90 Å². The third-order valence-corrected chi connectivity index (χ3v) is 3.81. The minimum absolute atomic E-state index is 0.0142. The predicted molar refractivity (Wildman–Crippen MR) is 65.9 cm³/mol. The number of carbonyl (C=O) groups excluding carboxylic acids is 1. The summed E-state index contributed by atoms with van der Waals surface area (Å²) in [6.07, 6.45) is 7.21. The summed E-state index contributed by atoms with van der Waals surface area (Å²) in [5, 5.41) is 0. The summed E-state index contributed by atoms with van der Waals surface area (Å²) in [5.74, 6) is -0.251. The number of rotatable bonds is 5. The number of hydrogen-bond donors (Lipinski definition) is 2. The van der Waals surface area contributed by atoms with E-state index in [-0.39, 0.29) is 11.4 Å². The second-order valence-corrected chi connectivity index (χ2v) is 4.82. The number of carbonyl (C=O) groups is 1. The maximum Gasteiger partial charge on any atom is 0.231 e. The predicted octanol–water partition coefficient (Wildman–Crippen LogP) is 0.845. The number of nitrogens with zero attached hydrogens (tertiary/aromatic N) is 1. The van der Waals surface area contributed by atoms with E-state index in [1.54, 1.807) is 0 Å². The smallest absolute Gasteiger partial charge is 0.231 e. The molecular weight excluding hydrogens is 202 g/mol. The second kappa shape index (κ2) is 6.21. The van der Waals surface area contributed by atoms with Crippen LogP contribution >= 0.6 is 0 Å². The summed E-state index contributed by atoms with van der Waals surface area (Å²) in [5.41, 5.74) is 11.3. The van der Waals surface area contributed by atoms with Crippen LogP contribution in [-0.2, 0) is 4.79 Å². The summed E-state index contributed by atoms with van der Waals surface area (Å²) < 4.78 is 0. The molecule has 0 bridgehead atoms. The van der Waals surface area contributed by atoms with Crippen LogP contribution in [0.5, 0.6) is 0 Å². The highest BCUT2D eigenvalue weighted by molar-refractivity contribution is 5.76. The van der Waals surface area contributed by atoms with Crippen molar-refractivity contribution in [3.63, 3.8) is 0 Å². The largest absolute Gasteiger partial charge is 0.369 e. The van der Waals surface area contributed by atoms with Crippen LogP contribution in [0.3, 0.4) is 0 Å². The first-order valence-corrected chi connectivity index (χ1v) is 6.38. The molecule has 1 rings (SSSR count). The Kier molecular flexibility index (Phi) is 5.22. The lowest BCUT2D eigenvalue weighted by Crippen LogP contribution is -2.55. The van der Waals surface area contributed by atoms with Gasteiger partial charge < -0.3 is 11.5 Å². The first-order valence-electron chi connectivity index (χ1n) is 6.38. The molecule has 0 atom stereocenters. The highest BCUT2D eigenvalue weighted by atomic mass is 16.1. The molecule has 0 aromatic rings. The first kappa shape index (κ1) is 13.5. The molecule has 0 saturated heterocycles. The Morgan fingerprint density at radius 1 is 1.25 bits per heavy atom. The van der Waals surface area contributed by atoms with Gasteiger partial charge in [0.25, 0.3) is 0 Å². The van der Waals surface area contributed by atoms with Gasteiger partial charge in [0.05, 0.1) is 6.54 Å². The average Bonchev–Trinajstić information content (AvgIpc) is 2.51. The van der Waals surface area contributed by atoms with Gasteiger partial charge in [0.15, 0.2) is 0 Å². The highest BCUT2D eigenvalue weighted by Gasteiger charge is 2.35. The zero-order valence-electron chi connectivity index (χ0n) is 10.4. The van der Waals surface area contributed by atoms with Crippen molar-refractivity contribution in [2.45, 2.75) is 51.0 Å². The fraction of sp³-hybridized carbons (Fsp3) is 0.917. The number of nitrogens with two attached hydrogens (primary N) is 2. The summed E-state index contributed by atoms with van der Waals surface area (Å²) in [6.45, 7) is 3.90. The number of likely N-dealkylation sites (N-methyl/N-ethyl adjacent to an activating group) is 1. The van der Waals surface area contributed by atoms with Gasteiger partial charge in [-0.3, -0.25) is 9.69 Å². The van der Waals surface area contributed by atoms with E-state index in [0.717, 1.165) is 19.4 Å². The van der Waals surface area contributed by atoms with Gasteiger partial charge in [-0.05, 0) is 19.4 Å². The first-order chi connectivity index (χ1) is 7.64. The minimum atomic E-state index is -0.251. The molecule has 0 radical (unpaired) electrons. The van der Waals surface area contributed by atoms with Crippen molar-refractivity contribution in [2.75, 3.05) is 19.6 Å². The van der Waals surface area contributed by atoms with Crippen molar-refractivity contribution >= 4 is 5.91 Å². The maximum atomic E-state index is 11.1. The van der Waals surface area contributed by atoms with Crippen LogP contribution in [0.4, 0.5) is 0 Å². The lowest BCUT2D eigenvalue weighted by atomic mass is 9.88. The highest BCUT2D eigenvalue weighted by Crippen LogP contribution is 2.31. The molecule has 0 aromatic heterocycles. The lowest BCUT2D eigenvalue weighted by molar-refractivity contribution is -0.120. The normalized spacial score (nSPS) is 20.7. The molecule has 0 unspecified atom stereocenters. The Hall–Kier alpha value is -0.610. The van der Waals surface area contributed by atoms with E-state index in [0.29, 0.717) is 13.1 Å². The van der Waals surface area contributed by atoms with Gasteiger partial charge in [0.1, 0.15) is 0 Å². The van der Waals surface area contributed by atoms with E-state index in [4.69, 9.17) is 11.5 Å². The van der Waals surface area contributed by atoms with Gasteiger partial charge in [0, 0.05) is 12.1 Å². The zero-order chi connectivity index (χ0) is 12.0. The van der Waals surface area contributed by atoms with Crippen LogP contribution in [0.2, 0.25) is 0 Å². The Morgan fingerprint density at radius 3 is 2.19 bits per heavy atom. The monoisotopic (exact) mass is 227 g/mol. The number of hydrogen-bond acceptors (Lipinski definition) is 3. The molecule has 0 aromatic carbocycles. The van der Waals surface area contributed by atoms with E-state index < -0.39 is 0 Å². The van der Waals surface area contributed by atoms with Crippen LogP contribution in [0.15, 0.2) is 0 Å². The molecule has 4 heteroatoms. The van der Waals surface area contributed by atoms with Gasteiger partial charge in [-0.25, -0.2) is 0 Å². The van der Waals surface area contributed by atoms with Crippen LogP contribution in [0, 0.1) is 0 Å². The van der Waals surface area contributed by atoms with Crippen LogP contribution in [0.25, 0.3) is 0 Å².